The van der Waals surface area contributed by atoms with E-state index in [2.05, 4.69) is 34.9 Å². The molecule has 0 bridgehead atoms. The number of anilines is 1. The summed E-state index contributed by atoms with van der Waals surface area (Å²) in [4.78, 5) is 55.5. The monoisotopic (exact) mass is 701 g/mol. The summed E-state index contributed by atoms with van der Waals surface area (Å²) < 4.78 is 5.95. The first-order valence-corrected chi connectivity index (χ1v) is 17.8. The Labute approximate surface area is 296 Å². The summed E-state index contributed by atoms with van der Waals surface area (Å²) in [5.41, 5.74) is 9.56. The fraction of sp³-hybridized carbons (Fsp3) is 0.368. The van der Waals surface area contributed by atoms with Gasteiger partial charge < -0.3 is 30.5 Å². The first-order chi connectivity index (χ1) is 24.3. The van der Waals surface area contributed by atoms with Gasteiger partial charge in [-0.15, -0.1) is 0 Å². The fourth-order valence-electron chi connectivity index (χ4n) is 5.43. The van der Waals surface area contributed by atoms with Gasteiger partial charge in [-0.2, -0.15) is 5.48 Å². The molecule has 3 amide bonds. The highest BCUT2D eigenvalue weighted by Gasteiger charge is 2.41. The number of nitrogens with zero attached hydrogens (tertiary/aromatic N) is 1. The Balaban J connectivity index is 0.000000173. The van der Waals surface area contributed by atoms with Gasteiger partial charge in [0.25, 0.3) is 5.91 Å². The number of primary amides is 1. The predicted molar refractivity (Wildman–Crippen MR) is 198 cm³/mol. The van der Waals surface area contributed by atoms with Crippen LogP contribution in [0.2, 0.25) is 0 Å². The first kappa shape index (κ1) is 37.7. The Kier molecular flexibility index (Phi) is 14.9. The lowest BCUT2D eigenvalue weighted by molar-refractivity contribution is -0.135. The first-order valence-electron chi connectivity index (χ1n) is 17.0. The average Bonchev–Trinajstić information content (AvgIpc) is 3.54. The molecule has 1 saturated carbocycles. The number of benzene rings is 3. The number of hydrogen-bond acceptors (Lipinski definition) is 8. The van der Waals surface area contributed by atoms with Crippen molar-refractivity contribution in [1.29, 1.82) is 0 Å². The number of thiazole rings is 1. The highest BCUT2D eigenvalue weighted by Crippen LogP contribution is 2.40. The van der Waals surface area contributed by atoms with Gasteiger partial charge in [0.15, 0.2) is 5.75 Å². The number of fused-ring (bicyclic) bond motifs is 1. The van der Waals surface area contributed by atoms with E-state index in [4.69, 9.17) is 15.3 Å². The molecule has 3 unspecified atom stereocenters. The molecule has 266 valence electrons. The molecule has 50 heavy (non-hydrogen) atoms. The molecule has 3 aromatic carbocycles. The lowest BCUT2D eigenvalue weighted by atomic mass is 10.2. The van der Waals surface area contributed by atoms with Gasteiger partial charge in [0.1, 0.15) is 11.8 Å². The number of aromatic nitrogens is 1. The summed E-state index contributed by atoms with van der Waals surface area (Å²) in [7, 11) is 1.61. The number of nitrogens with two attached hydrogens (primary N) is 1. The minimum atomic E-state index is -0.435. The second-order valence-corrected chi connectivity index (χ2v) is 13.1. The van der Waals surface area contributed by atoms with Crippen LogP contribution < -0.4 is 31.0 Å². The number of unbranched alkanes of at least 4 members (excludes halogenated alkanes) is 3. The maximum atomic E-state index is 12.0. The van der Waals surface area contributed by atoms with Crippen LogP contribution in [0.5, 0.6) is 11.5 Å². The quantitative estimate of drug-likeness (QED) is 0.0752. The molecule has 1 aliphatic carbocycles. The number of methoxy groups -OCH3 is 1. The Morgan fingerprint density at radius 2 is 1.76 bits per heavy atom. The standard InChI is InChI=1S/C17H23NO2.C13H17N3O2.C8H7NO2S/c1-2-3-4-5-7-10-14-13-16(14)17(19)18-20-15-11-8-6-9-12-15;14-13(18)11-7-4-8-16(11)12(17)9-15-10-5-2-1-3-6-10;1-11-5-2-3-6-7(4-5)12-8(10)9-6/h6-12,14,16H,2-5,13H2,1H3,(H,18,19);1-3,5-6,11,15H,4,7-9H2,(H2,14,18);2-4H,1H3,(H,9,10)/b10-7-;;. The molecular formula is C38H47N5O6S. The number of para-hydroxylation sites is 2. The smallest absolute Gasteiger partial charge is 0.305 e. The molecule has 5 N–H and O–H groups in total. The van der Waals surface area contributed by atoms with E-state index in [9.17, 15) is 19.2 Å². The summed E-state index contributed by atoms with van der Waals surface area (Å²) in [5.74, 6) is 1.40. The van der Waals surface area contributed by atoms with Gasteiger partial charge in [-0.3, -0.25) is 19.2 Å². The second kappa shape index (κ2) is 19.8. The molecule has 0 spiro atoms. The highest BCUT2D eigenvalue weighted by molar-refractivity contribution is 7.16. The molecule has 6 rings (SSSR count). The lowest BCUT2D eigenvalue weighted by Gasteiger charge is -2.22. The van der Waals surface area contributed by atoms with Crippen molar-refractivity contribution in [2.45, 2.75) is 57.9 Å². The minimum Gasteiger partial charge on any atom is -0.497 e. The molecule has 1 saturated heterocycles. The van der Waals surface area contributed by atoms with Crippen LogP contribution >= 0.6 is 11.3 Å². The van der Waals surface area contributed by atoms with Crippen LogP contribution in [0.3, 0.4) is 0 Å². The third kappa shape index (κ3) is 12.1. The number of H-pyrrole nitrogens is 1. The molecule has 12 heteroatoms. The summed E-state index contributed by atoms with van der Waals surface area (Å²) in [6.45, 7) is 3.01. The van der Waals surface area contributed by atoms with E-state index in [0.29, 0.717) is 24.6 Å². The summed E-state index contributed by atoms with van der Waals surface area (Å²) in [6, 6.07) is 23.9. The van der Waals surface area contributed by atoms with Crippen LogP contribution in [0.1, 0.15) is 51.9 Å². The van der Waals surface area contributed by atoms with E-state index in [1.165, 1.54) is 30.6 Å². The third-order valence-electron chi connectivity index (χ3n) is 8.29. The van der Waals surface area contributed by atoms with Gasteiger partial charge in [0.2, 0.25) is 11.8 Å². The van der Waals surface area contributed by atoms with Crippen molar-refractivity contribution < 1.29 is 24.0 Å². The normalized spacial score (nSPS) is 17.6. The van der Waals surface area contributed by atoms with E-state index in [-0.39, 0.29) is 29.1 Å². The topological polar surface area (TPSA) is 156 Å². The van der Waals surface area contributed by atoms with Crippen molar-refractivity contribution >= 4 is 45.0 Å². The van der Waals surface area contributed by atoms with Gasteiger partial charge in [0, 0.05) is 18.2 Å². The fourth-order valence-corrected chi connectivity index (χ4v) is 6.20. The van der Waals surface area contributed by atoms with E-state index in [1.54, 1.807) is 12.0 Å². The number of rotatable bonds is 13. The predicted octanol–water partition coefficient (Wildman–Crippen LogP) is 6.04. The van der Waals surface area contributed by atoms with E-state index in [1.807, 2.05) is 78.9 Å². The zero-order valence-corrected chi connectivity index (χ0v) is 29.5. The molecule has 4 aromatic rings. The molecule has 2 fully saturated rings. The minimum absolute atomic E-state index is 0.0166. The van der Waals surface area contributed by atoms with E-state index < -0.39 is 11.9 Å². The molecule has 0 radical (unpaired) electrons. The number of hydroxylamine groups is 1. The summed E-state index contributed by atoms with van der Waals surface area (Å²) >= 11 is 1.19. The van der Waals surface area contributed by atoms with Crippen LogP contribution in [-0.2, 0) is 14.4 Å². The number of carbonyl (C=O) groups is 3. The van der Waals surface area contributed by atoms with E-state index in [0.717, 1.165) is 40.9 Å². The number of carbonyl (C=O) groups excluding carboxylic acids is 3. The summed E-state index contributed by atoms with van der Waals surface area (Å²) in [6.07, 6.45) is 11.7. The highest BCUT2D eigenvalue weighted by atomic mass is 32.1. The zero-order chi connectivity index (χ0) is 35.7. The maximum Gasteiger partial charge on any atom is 0.305 e. The molecule has 1 aromatic heterocycles. The van der Waals surface area contributed by atoms with Crippen LogP contribution in [-0.4, -0.2) is 53.8 Å². The van der Waals surface area contributed by atoms with Gasteiger partial charge in [-0.1, -0.05) is 79.7 Å². The van der Waals surface area contributed by atoms with Crippen molar-refractivity contribution in [3.8, 4) is 11.5 Å². The van der Waals surface area contributed by atoms with Crippen molar-refractivity contribution in [2.75, 3.05) is 25.5 Å². The van der Waals surface area contributed by atoms with Gasteiger partial charge in [-0.05, 0) is 80.5 Å². The van der Waals surface area contributed by atoms with Gasteiger partial charge >= 0.3 is 4.87 Å². The third-order valence-corrected chi connectivity index (χ3v) is 9.14. The summed E-state index contributed by atoms with van der Waals surface area (Å²) in [5, 5.41) is 3.04. The Morgan fingerprint density at radius 3 is 2.46 bits per heavy atom. The van der Waals surface area contributed by atoms with E-state index >= 15 is 0 Å². The maximum absolute atomic E-state index is 12.0. The number of ether oxygens (including phenoxy) is 1. The molecule has 3 atom stereocenters. The largest absolute Gasteiger partial charge is 0.497 e. The van der Waals surface area contributed by atoms with Crippen molar-refractivity contribution in [3.05, 3.63) is 101 Å². The zero-order valence-electron chi connectivity index (χ0n) is 28.6. The molecule has 11 nitrogen and oxygen atoms in total. The van der Waals surface area contributed by atoms with Crippen molar-refractivity contribution in [2.24, 2.45) is 17.6 Å². The van der Waals surface area contributed by atoms with Crippen LogP contribution in [0.4, 0.5) is 5.69 Å². The number of likely N-dealkylation sites (tertiary alicyclic amines) is 1. The Bertz CT molecular complexity index is 1740. The van der Waals surface area contributed by atoms with Gasteiger partial charge in [-0.25, -0.2) is 0 Å². The molecular weight excluding hydrogens is 655 g/mol. The average molecular weight is 702 g/mol. The van der Waals surface area contributed by atoms with Crippen LogP contribution in [0.25, 0.3) is 10.2 Å². The van der Waals surface area contributed by atoms with Crippen molar-refractivity contribution in [1.82, 2.24) is 15.4 Å². The number of allylic oxidation sites excluding steroid dienone is 2. The number of amides is 3. The second-order valence-electron chi connectivity index (χ2n) is 12.1. The van der Waals surface area contributed by atoms with Crippen LogP contribution in [0.15, 0.2) is 95.8 Å². The number of aromatic amines is 1. The van der Waals surface area contributed by atoms with Crippen LogP contribution in [0, 0.1) is 11.8 Å². The molecule has 1 aliphatic heterocycles. The van der Waals surface area contributed by atoms with Gasteiger partial charge in [0.05, 0.1) is 23.9 Å². The number of nitrogens with one attached hydrogen (secondary N) is 3. The Hall–Kier alpha value is -5.10. The number of hydrogen-bond donors (Lipinski definition) is 4. The Morgan fingerprint density at radius 1 is 1.02 bits per heavy atom. The van der Waals surface area contributed by atoms with Crippen molar-refractivity contribution in [3.63, 3.8) is 0 Å². The lowest BCUT2D eigenvalue weighted by Crippen LogP contribution is -2.45. The SMILES string of the molecule is CCCCC/C=C\C1CC1C(=O)NOc1ccccc1.COc1ccc2[nH]c(=O)sc2c1.NC(=O)C1CCCN1C(=O)CNc1ccccc1. The molecule has 2 aliphatic rings. The molecule has 2 heterocycles.